The van der Waals surface area contributed by atoms with Gasteiger partial charge in [-0.1, -0.05) is 26.0 Å². The molecule has 0 bridgehead atoms. The standard InChI is InChI=1S/C15H29N5/c1-12(15(2,3)4)19(5)8-9-20-11-14(17-18-20)10-16-13-6-7-13/h11-13,16H,6-10H2,1-5H3. The van der Waals surface area contributed by atoms with Gasteiger partial charge in [0.25, 0.3) is 0 Å². The second kappa shape index (κ2) is 6.22. The van der Waals surface area contributed by atoms with E-state index in [1.54, 1.807) is 0 Å². The molecule has 5 nitrogen and oxygen atoms in total. The fraction of sp³-hybridized carbons (Fsp3) is 0.867. The summed E-state index contributed by atoms with van der Waals surface area (Å²) in [4.78, 5) is 2.39. The van der Waals surface area contributed by atoms with Gasteiger partial charge in [0.05, 0.1) is 12.2 Å². The highest BCUT2D eigenvalue weighted by atomic mass is 15.4. The lowest BCUT2D eigenvalue weighted by Gasteiger charge is -2.35. The van der Waals surface area contributed by atoms with Gasteiger partial charge in [-0.2, -0.15) is 0 Å². The van der Waals surface area contributed by atoms with Gasteiger partial charge < -0.3 is 10.2 Å². The summed E-state index contributed by atoms with van der Waals surface area (Å²) in [7, 11) is 2.18. The Labute approximate surface area is 122 Å². The highest BCUT2D eigenvalue weighted by Gasteiger charge is 2.23. The van der Waals surface area contributed by atoms with Crippen molar-refractivity contribution >= 4 is 0 Å². The first-order chi connectivity index (χ1) is 9.36. The van der Waals surface area contributed by atoms with Crippen molar-refractivity contribution in [3.63, 3.8) is 0 Å². The van der Waals surface area contributed by atoms with Gasteiger partial charge >= 0.3 is 0 Å². The van der Waals surface area contributed by atoms with Gasteiger partial charge in [-0.3, -0.25) is 4.68 Å². The Morgan fingerprint density at radius 3 is 2.75 bits per heavy atom. The number of nitrogens with one attached hydrogen (secondary N) is 1. The summed E-state index contributed by atoms with van der Waals surface area (Å²) in [6.07, 6.45) is 4.68. The first-order valence-corrected chi connectivity index (χ1v) is 7.69. The minimum atomic E-state index is 0.302. The molecule has 1 N–H and O–H groups in total. The van der Waals surface area contributed by atoms with Crippen molar-refractivity contribution in [3.8, 4) is 0 Å². The first kappa shape index (κ1) is 15.4. The number of aromatic nitrogens is 3. The molecular formula is C15H29N5. The summed E-state index contributed by atoms with van der Waals surface area (Å²) < 4.78 is 1.95. The molecule has 1 saturated carbocycles. The van der Waals surface area contributed by atoms with Crippen LogP contribution in [0.5, 0.6) is 0 Å². The summed E-state index contributed by atoms with van der Waals surface area (Å²) >= 11 is 0. The predicted octanol–water partition coefficient (Wildman–Crippen LogP) is 1.90. The minimum absolute atomic E-state index is 0.302. The highest BCUT2D eigenvalue weighted by Crippen LogP contribution is 2.22. The summed E-state index contributed by atoms with van der Waals surface area (Å²) in [6, 6.07) is 1.26. The van der Waals surface area contributed by atoms with Gasteiger partial charge in [0, 0.05) is 31.4 Å². The van der Waals surface area contributed by atoms with E-state index in [2.05, 4.69) is 61.5 Å². The van der Waals surface area contributed by atoms with Crippen LogP contribution < -0.4 is 5.32 Å². The largest absolute Gasteiger partial charge is 0.308 e. The molecule has 1 aromatic heterocycles. The van der Waals surface area contributed by atoms with E-state index in [-0.39, 0.29) is 0 Å². The quantitative estimate of drug-likeness (QED) is 0.828. The molecule has 20 heavy (non-hydrogen) atoms. The lowest BCUT2D eigenvalue weighted by atomic mass is 9.87. The van der Waals surface area contributed by atoms with Crippen LogP contribution in [0.15, 0.2) is 6.20 Å². The lowest BCUT2D eigenvalue weighted by Crippen LogP contribution is -2.40. The molecule has 5 heteroatoms. The molecule has 0 radical (unpaired) electrons. The Kier molecular flexibility index (Phi) is 4.81. The van der Waals surface area contributed by atoms with Crippen molar-refractivity contribution in [3.05, 3.63) is 11.9 Å². The SMILES string of the molecule is CC(N(C)CCn1cc(CNC2CC2)nn1)C(C)(C)C. The third kappa shape index (κ3) is 4.56. The van der Waals surface area contributed by atoms with Gasteiger partial charge in [0.2, 0.25) is 0 Å². The van der Waals surface area contributed by atoms with Crippen LogP contribution in [0.4, 0.5) is 0 Å². The molecule has 0 saturated heterocycles. The van der Waals surface area contributed by atoms with Crippen molar-refractivity contribution in [2.75, 3.05) is 13.6 Å². The molecule has 0 aliphatic heterocycles. The average Bonchev–Trinajstić information content (AvgIpc) is 3.10. The fourth-order valence-electron chi connectivity index (χ4n) is 2.18. The van der Waals surface area contributed by atoms with E-state index >= 15 is 0 Å². The van der Waals surface area contributed by atoms with Gasteiger partial charge in [-0.25, -0.2) is 0 Å². The van der Waals surface area contributed by atoms with E-state index in [0.29, 0.717) is 11.5 Å². The molecule has 1 atom stereocenters. The van der Waals surface area contributed by atoms with Crippen LogP contribution in [0.2, 0.25) is 0 Å². The van der Waals surface area contributed by atoms with E-state index in [9.17, 15) is 0 Å². The van der Waals surface area contributed by atoms with Crippen LogP contribution in [0.25, 0.3) is 0 Å². The molecule has 1 aliphatic rings. The zero-order valence-electron chi connectivity index (χ0n) is 13.6. The van der Waals surface area contributed by atoms with Crippen LogP contribution in [-0.4, -0.2) is 45.6 Å². The third-order valence-corrected chi connectivity index (χ3v) is 4.33. The van der Waals surface area contributed by atoms with Gasteiger partial charge in [0.15, 0.2) is 0 Å². The second-order valence-electron chi connectivity index (χ2n) is 7.15. The van der Waals surface area contributed by atoms with Crippen LogP contribution >= 0.6 is 0 Å². The maximum Gasteiger partial charge on any atom is 0.0964 e. The predicted molar refractivity (Wildman–Crippen MR) is 81.4 cm³/mol. The summed E-state index contributed by atoms with van der Waals surface area (Å²) in [5, 5.41) is 11.9. The molecule has 0 amide bonds. The third-order valence-electron chi connectivity index (χ3n) is 4.33. The molecule has 2 rings (SSSR count). The van der Waals surface area contributed by atoms with Gasteiger partial charge in [-0.05, 0) is 32.2 Å². The van der Waals surface area contributed by atoms with Crippen molar-refractivity contribution in [2.45, 2.75) is 65.7 Å². The molecule has 114 valence electrons. The molecule has 1 aliphatic carbocycles. The van der Waals surface area contributed by atoms with E-state index in [4.69, 9.17) is 0 Å². The maximum absolute atomic E-state index is 4.22. The summed E-state index contributed by atoms with van der Waals surface area (Å²) in [6.45, 7) is 11.9. The van der Waals surface area contributed by atoms with E-state index < -0.39 is 0 Å². The minimum Gasteiger partial charge on any atom is -0.308 e. The zero-order chi connectivity index (χ0) is 14.8. The molecule has 1 heterocycles. The summed E-state index contributed by atoms with van der Waals surface area (Å²) in [5.41, 5.74) is 1.35. The molecule has 1 unspecified atom stereocenters. The smallest absolute Gasteiger partial charge is 0.0964 e. The maximum atomic E-state index is 4.22. The lowest BCUT2D eigenvalue weighted by molar-refractivity contribution is 0.135. The van der Waals surface area contributed by atoms with Crippen molar-refractivity contribution < 1.29 is 0 Å². The Balaban J connectivity index is 1.75. The van der Waals surface area contributed by atoms with Crippen LogP contribution in [-0.2, 0) is 13.1 Å². The van der Waals surface area contributed by atoms with Crippen molar-refractivity contribution in [2.24, 2.45) is 5.41 Å². The Hall–Kier alpha value is -0.940. The number of rotatable bonds is 7. The molecular weight excluding hydrogens is 250 g/mol. The zero-order valence-corrected chi connectivity index (χ0v) is 13.6. The molecule has 1 aromatic rings. The fourth-order valence-corrected chi connectivity index (χ4v) is 2.18. The van der Waals surface area contributed by atoms with Crippen LogP contribution in [0, 0.1) is 5.41 Å². The van der Waals surface area contributed by atoms with Crippen LogP contribution in [0.3, 0.4) is 0 Å². The highest BCUT2D eigenvalue weighted by molar-refractivity contribution is 4.94. The number of likely N-dealkylation sites (N-methyl/N-ethyl adjacent to an activating group) is 1. The first-order valence-electron chi connectivity index (χ1n) is 7.69. The number of nitrogens with zero attached hydrogens (tertiary/aromatic N) is 4. The monoisotopic (exact) mass is 279 g/mol. The Morgan fingerprint density at radius 2 is 2.15 bits per heavy atom. The van der Waals surface area contributed by atoms with E-state index in [1.165, 1.54) is 12.8 Å². The van der Waals surface area contributed by atoms with Crippen LogP contribution in [0.1, 0.15) is 46.2 Å². The van der Waals surface area contributed by atoms with E-state index in [0.717, 1.165) is 31.4 Å². The topological polar surface area (TPSA) is 46.0 Å². The Morgan fingerprint density at radius 1 is 1.45 bits per heavy atom. The number of hydrogen-bond acceptors (Lipinski definition) is 4. The molecule has 0 aromatic carbocycles. The van der Waals surface area contributed by atoms with Crippen molar-refractivity contribution in [1.82, 2.24) is 25.2 Å². The second-order valence-corrected chi connectivity index (χ2v) is 7.15. The number of hydrogen-bond donors (Lipinski definition) is 1. The average molecular weight is 279 g/mol. The van der Waals surface area contributed by atoms with Gasteiger partial charge in [-0.15, -0.1) is 5.10 Å². The molecule has 1 fully saturated rings. The molecule has 0 spiro atoms. The van der Waals surface area contributed by atoms with Gasteiger partial charge in [0.1, 0.15) is 0 Å². The Bertz CT molecular complexity index is 416. The van der Waals surface area contributed by atoms with Crippen molar-refractivity contribution in [1.29, 1.82) is 0 Å². The van der Waals surface area contributed by atoms with E-state index in [1.807, 2.05) is 4.68 Å². The summed E-state index contributed by atoms with van der Waals surface area (Å²) in [5.74, 6) is 0. The normalized spacial score (nSPS) is 17.7.